The van der Waals surface area contributed by atoms with E-state index >= 15 is 0 Å². The monoisotopic (exact) mass is 492 g/mol. The Labute approximate surface area is 206 Å². The van der Waals surface area contributed by atoms with Crippen LogP contribution in [0.5, 0.6) is 11.5 Å². The van der Waals surface area contributed by atoms with Crippen LogP contribution in [0.1, 0.15) is 5.56 Å². The summed E-state index contributed by atoms with van der Waals surface area (Å²) in [5, 5.41) is 8.89. The summed E-state index contributed by atoms with van der Waals surface area (Å²) < 4.78 is 26.3. The van der Waals surface area contributed by atoms with Crippen molar-refractivity contribution in [1.29, 1.82) is 0 Å². The summed E-state index contributed by atoms with van der Waals surface area (Å²) in [7, 11) is 2.92. The van der Waals surface area contributed by atoms with Gasteiger partial charge in [-0.15, -0.1) is 0 Å². The number of nitrogens with zero attached hydrogens (tertiary/aromatic N) is 5. The molecule has 0 unspecified atom stereocenters. The van der Waals surface area contributed by atoms with Gasteiger partial charge in [0.15, 0.2) is 29.0 Å². The minimum absolute atomic E-state index is 0.00115. The van der Waals surface area contributed by atoms with Gasteiger partial charge in [0, 0.05) is 24.0 Å². The summed E-state index contributed by atoms with van der Waals surface area (Å²) in [6, 6.07) is 10.6. The van der Waals surface area contributed by atoms with Gasteiger partial charge in [0.25, 0.3) is 0 Å². The van der Waals surface area contributed by atoms with E-state index in [4.69, 9.17) is 26.2 Å². The van der Waals surface area contributed by atoms with Crippen molar-refractivity contribution in [1.82, 2.24) is 19.7 Å². The number of rotatable bonds is 9. The highest BCUT2D eigenvalue weighted by molar-refractivity contribution is 6.32. The first-order chi connectivity index (χ1) is 17.1. The lowest BCUT2D eigenvalue weighted by atomic mass is 10.2. The third-order valence-electron chi connectivity index (χ3n) is 5.09. The highest BCUT2D eigenvalue weighted by Crippen LogP contribution is 2.33. The molecule has 178 valence electrons. The quantitative estimate of drug-likeness (QED) is 0.311. The van der Waals surface area contributed by atoms with E-state index in [1.165, 1.54) is 26.5 Å². The highest BCUT2D eigenvalue weighted by atomic mass is 35.5. The van der Waals surface area contributed by atoms with Crippen molar-refractivity contribution in [2.24, 2.45) is 4.99 Å². The molecule has 10 heteroatoms. The molecule has 0 bridgehead atoms. The van der Waals surface area contributed by atoms with Gasteiger partial charge in [0.2, 0.25) is 0 Å². The zero-order valence-corrected chi connectivity index (χ0v) is 19.8. The fraction of sp³-hybridized carbons (Fsp3) is 0.120. The first-order valence-electron chi connectivity index (χ1n) is 10.5. The van der Waals surface area contributed by atoms with Gasteiger partial charge in [-0.05, 0) is 23.8 Å². The van der Waals surface area contributed by atoms with E-state index in [1.54, 1.807) is 35.4 Å². The number of benzene rings is 2. The maximum atomic E-state index is 14.0. The molecule has 4 aromatic rings. The molecule has 8 nitrogen and oxygen atoms in total. The van der Waals surface area contributed by atoms with E-state index in [1.807, 2.05) is 24.3 Å². The molecule has 0 radical (unpaired) electrons. The Morgan fingerprint density at radius 2 is 2.03 bits per heavy atom. The van der Waals surface area contributed by atoms with Crippen LogP contribution in [0.2, 0.25) is 5.02 Å². The fourth-order valence-electron chi connectivity index (χ4n) is 3.48. The van der Waals surface area contributed by atoms with E-state index in [0.717, 1.165) is 10.9 Å². The van der Waals surface area contributed by atoms with E-state index in [0.29, 0.717) is 35.2 Å². The van der Waals surface area contributed by atoms with Crippen LogP contribution < -0.4 is 14.8 Å². The lowest BCUT2D eigenvalue weighted by Crippen LogP contribution is -2.04. The molecule has 0 aliphatic rings. The molecule has 0 spiro atoms. The van der Waals surface area contributed by atoms with E-state index in [-0.39, 0.29) is 10.8 Å². The molecule has 0 saturated heterocycles. The van der Waals surface area contributed by atoms with Crippen molar-refractivity contribution >= 4 is 34.5 Å². The first-order valence-corrected chi connectivity index (χ1v) is 10.9. The van der Waals surface area contributed by atoms with Crippen LogP contribution in [0, 0.1) is 5.82 Å². The van der Waals surface area contributed by atoms with Gasteiger partial charge in [-0.1, -0.05) is 42.4 Å². The molecular formula is C25H22ClFN6O2. The Morgan fingerprint density at radius 3 is 2.80 bits per heavy atom. The van der Waals surface area contributed by atoms with Crippen LogP contribution in [0.3, 0.4) is 0 Å². The van der Waals surface area contributed by atoms with Crippen molar-refractivity contribution in [3.63, 3.8) is 0 Å². The number of hydrogen-bond donors (Lipinski definition) is 1. The average Bonchev–Trinajstić information content (AvgIpc) is 3.24. The second kappa shape index (κ2) is 10.8. The Kier molecular flexibility index (Phi) is 7.37. The molecule has 1 N–H and O–H groups in total. The highest BCUT2D eigenvalue weighted by Gasteiger charge is 2.19. The average molecular weight is 493 g/mol. The molecule has 35 heavy (non-hydrogen) atoms. The number of fused-ring (bicyclic) bond motifs is 1. The van der Waals surface area contributed by atoms with Crippen LogP contribution >= 0.6 is 11.6 Å². The third kappa shape index (κ3) is 4.99. The van der Waals surface area contributed by atoms with Gasteiger partial charge >= 0.3 is 0 Å². The predicted octanol–water partition coefficient (Wildman–Crippen LogP) is 5.49. The zero-order valence-electron chi connectivity index (χ0n) is 19.1. The number of aliphatic imine (C=N–C) groups is 1. The summed E-state index contributed by atoms with van der Waals surface area (Å²) in [5.74, 6) is 0.808. The SMILES string of the molecule is C=CN=C/C=C/Nc1nc(-c2nn(Cc3ccc(F)c(OC)c3Cl)c3ccccc23)ncc1OC. The van der Waals surface area contributed by atoms with Crippen molar-refractivity contribution < 1.29 is 13.9 Å². The number of hydrogen-bond acceptors (Lipinski definition) is 7. The van der Waals surface area contributed by atoms with Gasteiger partial charge < -0.3 is 14.8 Å². The van der Waals surface area contributed by atoms with Crippen molar-refractivity contribution in [3.8, 4) is 23.0 Å². The number of para-hydroxylation sites is 1. The van der Waals surface area contributed by atoms with Gasteiger partial charge in [-0.2, -0.15) is 5.10 Å². The number of ether oxygens (including phenoxy) is 2. The van der Waals surface area contributed by atoms with Crippen LogP contribution in [0.15, 0.2) is 72.6 Å². The van der Waals surface area contributed by atoms with Crippen molar-refractivity contribution in [3.05, 3.63) is 84.1 Å². The van der Waals surface area contributed by atoms with Crippen LogP contribution in [0.4, 0.5) is 10.2 Å². The smallest absolute Gasteiger partial charge is 0.183 e. The minimum atomic E-state index is -0.524. The summed E-state index contributed by atoms with van der Waals surface area (Å²) in [4.78, 5) is 13.0. The molecule has 0 aliphatic heterocycles. The Bertz CT molecular complexity index is 1430. The maximum Gasteiger partial charge on any atom is 0.183 e. The number of nitrogens with one attached hydrogen (secondary N) is 1. The van der Waals surface area contributed by atoms with Gasteiger partial charge in [0.05, 0.1) is 37.5 Å². The van der Waals surface area contributed by atoms with Gasteiger partial charge in [0.1, 0.15) is 5.69 Å². The molecule has 0 fully saturated rings. The van der Waals surface area contributed by atoms with Crippen LogP contribution in [-0.2, 0) is 6.54 Å². The largest absolute Gasteiger partial charge is 0.492 e. The fourth-order valence-corrected chi connectivity index (χ4v) is 3.77. The van der Waals surface area contributed by atoms with Gasteiger partial charge in [-0.25, -0.2) is 14.4 Å². The molecule has 2 aromatic heterocycles. The van der Waals surface area contributed by atoms with E-state index < -0.39 is 5.82 Å². The molecule has 0 saturated carbocycles. The molecule has 0 atom stereocenters. The molecule has 4 rings (SSSR count). The minimum Gasteiger partial charge on any atom is -0.492 e. The third-order valence-corrected chi connectivity index (χ3v) is 5.51. The molecule has 0 aliphatic carbocycles. The normalized spacial score (nSPS) is 11.4. The van der Waals surface area contributed by atoms with Crippen molar-refractivity contribution in [2.45, 2.75) is 6.54 Å². The summed E-state index contributed by atoms with van der Waals surface area (Å²) in [6.45, 7) is 3.82. The predicted molar refractivity (Wildman–Crippen MR) is 136 cm³/mol. The van der Waals surface area contributed by atoms with Crippen LogP contribution in [0.25, 0.3) is 22.4 Å². The van der Waals surface area contributed by atoms with Crippen molar-refractivity contribution in [2.75, 3.05) is 19.5 Å². The number of anilines is 1. The number of aromatic nitrogens is 4. The molecule has 0 amide bonds. The second-order valence-corrected chi connectivity index (χ2v) is 7.55. The summed E-state index contributed by atoms with van der Waals surface area (Å²) >= 11 is 6.40. The Balaban J connectivity index is 1.75. The lowest BCUT2D eigenvalue weighted by Gasteiger charge is -2.10. The van der Waals surface area contributed by atoms with Crippen LogP contribution in [-0.4, -0.2) is 40.2 Å². The number of allylic oxidation sites excluding steroid dienone is 1. The number of halogens is 2. The summed E-state index contributed by atoms with van der Waals surface area (Å²) in [5.41, 5.74) is 2.08. The Morgan fingerprint density at radius 1 is 1.20 bits per heavy atom. The van der Waals surface area contributed by atoms with Gasteiger partial charge in [-0.3, -0.25) is 9.67 Å². The number of methoxy groups -OCH3 is 2. The van der Waals surface area contributed by atoms with E-state index in [2.05, 4.69) is 26.9 Å². The molecule has 2 heterocycles. The zero-order chi connectivity index (χ0) is 24.8. The Hall–Kier alpha value is -4.24. The molecular weight excluding hydrogens is 471 g/mol. The standard InChI is InChI=1S/C25H22ClFN6O2/c1-4-28-12-7-13-29-24-20(34-2)14-30-25(31-24)22-17-8-5-6-9-19(17)33(32-22)15-16-10-11-18(27)23(35-3)21(16)26/h4-14H,1,15H2,2-3H3,(H,29,30,31)/b13-7+,28-12?. The summed E-state index contributed by atoms with van der Waals surface area (Å²) in [6.07, 6.45) is 7.96. The second-order valence-electron chi connectivity index (χ2n) is 7.17. The molecule has 2 aromatic carbocycles. The lowest BCUT2D eigenvalue weighted by molar-refractivity contribution is 0.386. The first kappa shape index (κ1) is 23.9. The topological polar surface area (TPSA) is 86.5 Å². The maximum absolute atomic E-state index is 14.0. The van der Waals surface area contributed by atoms with E-state index in [9.17, 15) is 4.39 Å².